The van der Waals surface area contributed by atoms with Crippen LogP contribution in [0, 0.1) is 11.6 Å². The molecule has 9 heteroatoms. The van der Waals surface area contributed by atoms with Crippen LogP contribution in [0.25, 0.3) is 0 Å². The minimum Gasteiger partial charge on any atom is -0.481 e. The van der Waals surface area contributed by atoms with Crippen molar-refractivity contribution in [2.45, 2.75) is 23.8 Å². The van der Waals surface area contributed by atoms with E-state index in [2.05, 4.69) is 0 Å². The summed E-state index contributed by atoms with van der Waals surface area (Å²) >= 11 is 0. The SMILES string of the molecule is CC(O)(CNS(=O)(=O)c1c(F)cccc1F)CC(=O)O. The van der Waals surface area contributed by atoms with E-state index in [4.69, 9.17) is 5.11 Å². The fraction of sp³-hybridized carbons (Fsp3) is 0.364. The second-order valence-electron chi connectivity index (χ2n) is 4.44. The van der Waals surface area contributed by atoms with E-state index < -0.39 is 51.1 Å². The normalized spacial score (nSPS) is 14.8. The molecule has 0 aliphatic heterocycles. The average molecular weight is 309 g/mol. The summed E-state index contributed by atoms with van der Waals surface area (Å²) in [6.45, 7) is 0.386. The molecule has 1 aromatic carbocycles. The van der Waals surface area contributed by atoms with E-state index in [1.165, 1.54) is 0 Å². The molecule has 1 unspecified atom stereocenters. The predicted molar refractivity (Wildman–Crippen MR) is 64.4 cm³/mol. The van der Waals surface area contributed by atoms with Crippen molar-refractivity contribution in [2.75, 3.05) is 6.54 Å². The Labute approximate surface area is 114 Å². The molecular weight excluding hydrogens is 296 g/mol. The zero-order valence-electron chi connectivity index (χ0n) is 10.4. The number of aliphatic carboxylic acids is 1. The minimum atomic E-state index is -4.54. The lowest BCUT2D eigenvalue weighted by Gasteiger charge is -2.21. The van der Waals surface area contributed by atoms with Crippen molar-refractivity contribution in [1.29, 1.82) is 0 Å². The molecule has 0 amide bonds. The third-order valence-electron chi connectivity index (χ3n) is 2.36. The summed E-state index contributed by atoms with van der Waals surface area (Å²) in [4.78, 5) is 9.29. The maximum absolute atomic E-state index is 13.4. The number of sulfonamides is 1. The third-order valence-corrected chi connectivity index (χ3v) is 3.81. The standard InChI is InChI=1S/C11H13F2NO5S/c1-11(17,5-9(15)16)6-14-20(18,19)10-7(12)3-2-4-8(10)13/h2-4,14,17H,5-6H2,1H3,(H,15,16). The van der Waals surface area contributed by atoms with Crippen LogP contribution >= 0.6 is 0 Å². The fourth-order valence-corrected chi connectivity index (χ4v) is 2.75. The van der Waals surface area contributed by atoms with Crippen molar-refractivity contribution < 1.29 is 32.2 Å². The summed E-state index contributed by atoms with van der Waals surface area (Å²) < 4.78 is 52.0. The molecular formula is C11H13F2NO5S. The summed E-state index contributed by atoms with van der Waals surface area (Å²) in [6, 6.07) is 2.55. The molecule has 0 bridgehead atoms. The number of aliphatic hydroxyl groups is 1. The number of halogens is 2. The van der Waals surface area contributed by atoms with E-state index in [-0.39, 0.29) is 0 Å². The van der Waals surface area contributed by atoms with Gasteiger partial charge in [-0.1, -0.05) is 6.07 Å². The first-order valence-electron chi connectivity index (χ1n) is 5.43. The van der Waals surface area contributed by atoms with Gasteiger partial charge in [0.2, 0.25) is 10.0 Å². The Morgan fingerprint density at radius 1 is 1.35 bits per heavy atom. The van der Waals surface area contributed by atoms with Crippen LogP contribution in [0.3, 0.4) is 0 Å². The smallest absolute Gasteiger partial charge is 0.306 e. The van der Waals surface area contributed by atoms with E-state index in [1.54, 1.807) is 4.72 Å². The summed E-state index contributed by atoms with van der Waals surface area (Å²) in [7, 11) is -4.54. The highest BCUT2D eigenvalue weighted by Crippen LogP contribution is 2.18. The second kappa shape index (κ2) is 5.81. The lowest BCUT2D eigenvalue weighted by Crippen LogP contribution is -2.42. The van der Waals surface area contributed by atoms with Crippen LogP contribution < -0.4 is 4.72 Å². The average Bonchev–Trinajstić information content (AvgIpc) is 2.24. The molecule has 0 spiro atoms. The Bertz CT molecular complexity index is 595. The van der Waals surface area contributed by atoms with E-state index in [1.807, 2.05) is 0 Å². The number of nitrogens with one attached hydrogen (secondary N) is 1. The van der Waals surface area contributed by atoms with Crippen molar-refractivity contribution in [3.63, 3.8) is 0 Å². The molecule has 1 aromatic rings. The van der Waals surface area contributed by atoms with Gasteiger partial charge >= 0.3 is 5.97 Å². The van der Waals surface area contributed by atoms with E-state index in [0.29, 0.717) is 0 Å². The molecule has 0 saturated carbocycles. The molecule has 20 heavy (non-hydrogen) atoms. The van der Waals surface area contributed by atoms with Crippen LogP contribution in [-0.2, 0) is 14.8 Å². The molecule has 0 saturated heterocycles. The summed E-state index contributed by atoms with van der Waals surface area (Å²) in [5, 5.41) is 18.2. The van der Waals surface area contributed by atoms with Crippen LogP contribution in [-0.4, -0.2) is 36.7 Å². The number of hydrogen-bond donors (Lipinski definition) is 3. The Morgan fingerprint density at radius 3 is 2.30 bits per heavy atom. The van der Waals surface area contributed by atoms with Crippen molar-refractivity contribution in [2.24, 2.45) is 0 Å². The molecule has 0 aromatic heterocycles. The first-order chi connectivity index (χ1) is 9.05. The Morgan fingerprint density at radius 2 is 1.85 bits per heavy atom. The molecule has 0 radical (unpaired) electrons. The summed E-state index contributed by atoms with van der Waals surface area (Å²) in [6.07, 6.45) is -0.727. The van der Waals surface area contributed by atoms with Gasteiger partial charge in [0.25, 0.3) is 0 Å². The fourth-order valence-electron chi connectivity index (χ4n) is 1.45. The largest absolute Gasteiger partial charge is 0.481 e. The predicted octanol–water partition coefficient (Wildman–Crippen LogP) is 0.469. The van der Waals surface area contributed by atoms with Gasteiger partial charge in [-0.3, -0.25) is 4.79 Å². The molecule has 1 rings (SSSR count). The second-order valence-corrected chi connectivity index (χ2v) is 6.15. The molecule has 1 atom stereocenters. The maximum atomic E-state index is 13.4. The Kier molecular flexibility index (Phi) is 4.79. The highest BCUT2D eigenvalue weighted by atomic mass is 32.2. The lowest BCUT2D eigenvalue weighted by molar-refractivity contribution is -0.141. The molecule has 3 N–H and O–H groups in total. The zero-order valence-corrected chi connectivity index (χ0v) is 11.2. The first-order valence-corrected chi connectivity index (χ1v) is 6.91. The Balaban J connectivity index is 2.94. The van der Waals surface area contributed by atoms with Gasteiger partial charge in [0.05, 0.1) is 12.0 Å². The lowest BCUT2D eigenvalue weighted by atomic mass is 10.0. The van der Waals surface area contributed by atoms with Gasteiger partial charge in [-0.25, -0.2) is 21.9 Å². The van der Waals surface area contributed by atoms with Crippen LogP contribution in [0.1, 0.15) is 13.3 Å². The van der Waals surface area contributed by atoms with Crippen LogP contribution in [0.4, 0.5) is 8.78 Å². The van der Waals surface area contributed by atoms with Crippen molar-refractivity contribution in [3.8, 4) is 0 Å². The van der Waals surface area contributed by atoms with Crippen LogP contribution in [0.2, 0.25) is 0 Å². The van der Waals surface area contributed by atoms with Gasteiger partial charge in [0.1, 0.15) is 11.6 Å². The van der Waals surface area contributed by atoms with Gasteiger partial charge in [0, 0.05) is 6.54 Å². The quantitative estimate of drug-likeness (QED) is 0.708. The van der Waals surface area contributed by atoms with Crippen molar-refractivity contribution in [1.82, 2.24) is 4.72 Å². The molecule has 0 aliphatic carbocycles. The van der Waals surface area contributed by atoms with Gasteiger partial charge < -0.3 is 10.2 Å². The highest BCUT2D eigenvalue weighted by Gasteiger charge is 2.29. The number of rotatable bonds is 6. The third kappa shape index (κ3) is 4.22. The van der Waals surface area contributed by atoms with Crippen LogP contribution in [0.15, 0.2) is 23.1 Å². The number of carboxylic acids is 1. The molecule has 0 heterocycles. The van der Waals surface area contributed by atoms with Gasteiger partial charge in [-0.2, -0.15) is 0 Å². The van der Waals surface area contributed by atoms with Gasteiger partial charge in [0.15, 0.2) is 4.90 Å². The minimum absolute atomic E-state index is 0.699. The zero-order chi connectivity index (χ0) is 15.6. The van der Waals surface area contributed by atoms with Gasteiger partial charge in [-0.05, 0) is 19.1 Å². The summed E-state index contributed by atoms with van der Waals surface area (Å²) in [5.41, 5.74) is -1.89. The van der Waals surface area contributed by atoms with E-state index in [9.17, 15) is 27.1 Å². The van der Waals surface area contributed by atoms with E-state index >= 15 is 0 Å². The monoisotopic (exact) mass is 309 g/mol. The van der Waals surface area contributed by atoms with Crippen molar-refractivity contribution in [3.05, 3.63) is 29.8 Å². The number of benzene rings is 1. The highest BCUT2D eigenvalue weighted by molar-refractivity contribution is 7.89. The first kappa shape index (κ1) is 16.5. The number of hydrogen-bond acceptors (Lipinski definition) is 4. The number of carboxylic acid groups (broad SMARTS) is 1. The molecule has 6 nitrogen and oxygen atoms in total. The maximum Gasteiger partial charge on any atom is 0.306 e. The Hall–Kier alpha value is -1.58. The van der Waals surface area contributed by atoms with Gasteiger partial charge in [-0.15, -0.1) is 0 Å². The molecule has 0 fully saturated rings. The van der Waals surface area contributed by atoms with Crippen molar-refractivity contribution >= 4 is 16.0 Å². The van der Waals surface area contributed by atoms with Crippen LogP contribution in [0.5, 0.6) is 0 Å². The van der Waals surface area contributed by atoms with E-state index in [0.717, 1.165) is 25.1 Å². The molecule has 0 aliphatic rings. The molecule has 112 valence electrons. The number of carbonyl (C=O) groups is 1. The summed E-state index contributed by atoms with van der Waals surface area (Å²) in [5.74, 6) is -3.91. The topological polar surface area (TPSA) is 104 Å².